The normalized spacial score (nSPS) is 12.0. The van der Waals surface area contributed by atoms with Gasteiger partial charge in [-0.2, -0.15) is 5.10 Å². The molecule has 1 amide bonds. The molecule has 0 fully saturated rings. The molecule has 0 aliphatic heterocycles. The van der Waals surface area contributed by atoms with Gasteiger partial charge >= 0.3 is 5.97 Å². The van der Waals surface area contributed by atoms with E-state index in [0.717, 1.165) is 33.3 Å². The number of nitrogens with zero attached hydrogens (tertiary/aromatic N) is 3. The van der Waals surface area contributed by atoms with Gasteiger partial charge in [0.15, 0.2) is 0 Å². The molecule has 1 atom stereocenters. The summed E-state index contributed by atoms with van der Waals surface area (Å²) in [7, 11) is 0. The van der Waals surface area contributed by atoms with E-state index in [0.29, 0.717) is 12.0 Å². The van der Waals surface area contributed by atoms with Crippen LogP contribution in [0.3, 0.4) is 0 Å². The zero-order chi connectivity index (χ0) is 26.9. The highest BCUT2D eigenvalue weighted by molar-refractivity contribution is 7.03. The van der Waals surface area contributed by atoms with E-state index in [2.05, 4.69) is 45.1 Å². The van der Waals surface area contributed by atoms with Crippen molar-refractivity contribution in [2.24, 2.45) is 0 Å². The second kappa shape index (κ2) is 10.2. The number of carboxylic acids is 1. The van der Waals surface area contributed by atoms with Crippen LogP contribution in [0.1, 0.15) is 50.4 Å². The maximum Gasteiger partial charge on any atom is 0.335 e. The third kappa shape index (κ3) is 4.89. The van der Waals surface area contributed by atoms with Gasteiger partial charge in [-0.05, 0) is 58.6 Å². The number of aromatic carboxylic acids is 1. The van der Waals surface area contributed by atoms with Crippen LogP contribution in [0.15, 0.2) is 96.8 Å². The van der Waals surface area contributed by atoms with Gasteiger partial charge in [-0.3, -0.25) is 4.79 Å². The van der Waals surface area contributed by atoms with E-state index in [4.69, 9.17) is 0 Å². The number of benzene rings is 3. The summed E-state index contributed by atoms with van der Waals surface area (Å²) in [5.74, 6) is -1.22. The molecule has 6 rings (SSSR count). The number of carbonyl (C=O) groups is 2. The van der Waals surface area contributed by atoms with Crippen molar-refractivity contribution in [1.82, 2.24) is 19.3 Å². The van der Waals surface area contributed by atoms with Gasteiger partial charge in [0, 0.05) is 40.9 Å². The Kier molecular flexibility index (Phi) is 6.38. The number of rotatable bonds is 7. The maximum atomic E-state index is 13.8. The zero-order valence-electron chi connectivity index (χ0n) is 21.0. The summed E-state index contributed by atoms with van der Waals surface area (Å²) in [5.41, 5.74) is 6.13. The summed E-state index contributed by atoms with van der Waals surface area (Å²) >= 11 is 1.35. The highest BCUT2D eigenvalue weighted by atomic mass is 32.1. The lowest BCUT2D eigenvalue weighted by Gasteiger charge is -2.16. The van der Waals surface area contributed by atoms with Gasteiger partial charge in [0.1, 0.15) is 0 Å². The smallest absolute Gasteiger partial charge is 0.335 e. The molecule has 192 valence electrons. The maximum absolute atomic E-state index is 13.8. The average Bonchev–Trinajstić information content (AvgIpc) is 3.63. The molecule has 2 N–H and O–H groups in total. The molecule has 6 aromatic rings. The summed E-state index contributed by atoms with van der Waals surface area (Å²) < 4.78 is 5.98. The van der Waals surface area contributed by atoms with E-state index >= 15 is 0 Å². The monoisotopic (exact) mass is 532 g/mol. The van der Waals surface area contributed by atoms with Gasteiger partial charge in [-0.1, -0.05) is 54.6 Å². The molecular weight excluding hydrogens is 508 g/mol. The van der Waals surface area contributed by atoms with E-state index in [-0.39, 0.29) is 17.5 Å². The Morgan fingerprint density at radius 1 is 0.974 bits per heavy atom. The van der Waals surface area contributed by atoms with Crippen LogP contribution in [-0.4, -0.2) is 31.0 Å². The van der Waals surface area contributed by atoms with Crippen LogP contribution in [-0.2, 0) is 6.42 Å². The summed E-state index contributed by atoms with van der Waals surface area (Å²) in [5, 5.41) is 21.2. The Morgan fingerprint density at radius 2 is 1.77 bits per heavy atom. The lowest BCUT2D eigenvalue weighted by Crippen LogP contribution is -2.27. The quantitative estimate of drug-likeness (QED) is 0.248. The topological polar surface area (TPSA) is 96.6 Å². The predicted molar refractivity (Wildman–Crippen MR) is 152 cm³/mol. The fraction of sp³-hybridized carbons (Fsp3) is 0.0968. The fourth-order valence-corrected chi connectivity index (χ4v) is 5.38. The molecule has 0 unspecified atom stereocenters. The number of hydrogen-bond donors (Lipinski definition) is 2. The Labute approximate surface area is 228 Å². The number of carbonyl (C=O) groups excluding carboxylic acids is 1. The van der Waals surface area contributed by atoms with Crippen LogP contribution in [0, 0.1) is 0 Å². The molecule has 3 heterocycles. The van der Waals surface area contributed by atoms with Crippen molar-refractivity contribution in [3.63, 3.8) is 0 Å². The molecule has 39 heavy (non-hydrogen) atoms. The molecule has 0 radical (unpaired) electrons. The number of aromatic nitrogens is 3. The fourth-order valence-electron chi connectivity index (χ4n) is 4.83. The van der Waals surface area contributed by atoms with Gasteiger partial charge in [-0.15, -0.1) is 0 Å². The summed E-state index contributed by atoms with van der Waals surface area (Å²) in [6.07, 6.45) is 6.15. The van der Waals surface area contributed by atoms with Crippen molar-refractivity contribution in [3.8, 4) is 11.1 Å². The highest BCUT2D eigenvalue weighted by Crippen LogP contribution is 2.28. The molecule has 3 aromatic heterocycles. The molecule has 0 spiro atoms. The van der Waals surface area contributed by atoms with Crippen LogP contribution in [0.2, 0.25) is 0 Å². The van der Waals surface area contributed by atoms with Crippen molar-refractivity contribution in [3.05, 3.63) is 125 Å². The van der Waals surface area contributed by atoms with Gasteiger partial charge in [0.25, 0.3) is 5.91 Å². The van der Waals surface area contributed by atoms with Gasteiger partial charge in [0.2, 0.25) is 0 Å². The molecule has 0 aliphatic carbocycles. The summed E-state index contributed by atoms with van der Waals surface area (Å²) in [6, 6.07) is 22.7. The van der Waals surface area contributed by atoms with Crippen LogP contribution >= 0.6 is 11.5 Å². The van der Waals surface area contributed by atoms with Crippen molar-refractivity contribution in [1.29, 1.82) is 0 Å². The van der Waals surface area contributed by atoms with Gasteiger partial charge in [-0.25, -0.2) is 13.7 Å². The molecule has 0 aliphatic rings. The third-order valence-electron chi connectivity index (χ3n) is 6.91. The lowest BCUT2D eigenvalue weighted by molar-refractivity contribution is 0.0696. The molecule has 7 nitrogen and oxygen atoms in total. The van der Waals surface area contributed by atoms with Crippen molar-refractivity contribution in [2.75, 3.05) is 0 Å². The first-order chi connectivity index (χ1) is 19.0. The second-order valence-electron chi connectivity index (χ2n) is 9.50. The molecule has 0 bridgehead atoms. The number of fused-ring (bicyclic) bond motifs is 2. The zero-order valence-corrected chi connectivity index (χ0v) is 21.9. The minimum absolute atomic E-state index is 0.202. The first-order valence-corrected chi connectivity index (χ1v) is 13.3. The van der Waals surface area contributed by atoms with Crippen LogP contribution in [0.4, 0.5) is 0 Å². The van der Waals surface area contributed by atoms with Crippen LogP contribution in [0.5, 0.6) is 0 Å². The Hall–Kier alpha value is -4.82. The van der Waals surface area contributed by atoms with E-state index < -0.39 is 5.97 Å². The van der Waals surface area contributed by atoms with Crippen molar-refractivity contribution >= 4 is 39.7 Å². The van der Waals surface area contributed by atoms with E-state index in [1.54, 1.807) is 35.0 Å². The second-order valence-corrected chi connectivity index (χ2v) is 10.2. The molecule has 3 aromatic carbocycles. The predicted octanol–water partition coefficient (Wildman–Crippen LogP) is 6.39. The van der Waals surface area contributed by atoms with E-state index in [1.807, 2.05) is 42.9 Å². The average molecular weight is 533 g/mol. The minimum atomic E-state index is -0.986. The van der Waals surface area contributed by atoms with E-state index in [9.17, 15) is 14.7 Å². The van der Waals surface area contributed by atoms with Gasteiger partial charge in [0.05, 0.1) is 28.9 Å². The first-order valence-electron chi connectivity index (χ1n) is 12.5. The standard InChI is InChI=1S/C31H24N4O3S/c1-19(21-8-10-23(11-9-21)31(37)38)34-30(36)28-14-26(27-16-33-39-18-27)17-35-29(28)25(15-32-35)13-20-6-7-22-4-2-3-5-24(22)12-20/h2-12,14-19H,13H2,1H3,(H,34,36)(H,37,38)/t19-/m0/s1. The Bertz CT molecular complexity index is 1820. The molecule has 8 heteroatoms. The molecule has 0 saturated heterocycles. The van der Waals surface area contributed by atoms with Crippen LogP contribution in [0.25, 0.3) is 27.4 Å². The SMILES string of the molecule is C[C@H](NC(=O)c1cc(-c2cnsc2)cn2ncc(Cc3ccc4ccccc4c3)c12)c1ccc(C(=O)O)cc1. The lowest BCUT2D eigenvalue weighted by atomic mass is 9.99. The van der Waals surface area contributed by atoms with Crippen molar-refractivity contribution in [2.45, 2.75) is 19.4 Å². The summed E-state index contributed by atoms with van der Waals surface area (Å²) in [6.45, 7) is 1.88. The van der Waals surface area contributed by atoms with Crippen molar-refractivity contribution < 1.29 is 14.7 Å². The summed E-state index contributed by atoms with van der Waals surface area (Å²) in [4.78, 5) is 25.0. The third-order valence-corrected chi connectivity index (χ3v) is 7.50. The number of nitrogens with one attached hydrogen (secondary N) is 1. The van der Waals surface area contributed by atoms with Gasteiger partial charge < -0.3 is 10.4 Å². The first kappa shape index (κ1) is 24.5. The number of amides is 1. The van der Waals surface area contributed by atoms with E-state index in [1.165, 1.54) is 22.3 Å². The largest absolute Gasteiger partial charge is 0.478 e. The number of hydrogen-bond acceptors (Lipinski definition) is 5. The number of pyridine rings is 1. The Morgan fingerprint density at radius 3 is 2.51 bits per heavy atom. The van der Waals surface area contributed by atoms with Crippen LogP contribution < -0.4 is 5.32 Å². The minimum Gasteiger partial charge on any atom is -0.478 e. The molecular formula is C31H24N4O3S. The Balaban J connectivity index is 1.38. The number of carboxylic acid groups (broad SMARTS) is 1. The molecule has 0 saturated carbocycles. The highest BCUT2D eigenvalue weighted by Gasteiger charge is 2.20.